The predicted molar refractivity (Wildman–Crippen MR) is 176 cm³/mol. The molecular formula is C40H51N3O3. The molecule has 1 heterocycles. The van der Waals surface area contributed by atoms with Crippen LogP contribution >= 0.6 is 0 Å². The Hall–Kier alpha value is -2.73. The van der Waals surface area contributed by atoms with Crippen molar-refractivity contribution in [1.29, 1.82) is 0 Å². The summed E-state index contributed by atoms with van der Waals surface area (Å²) >= 11 is 0. The summed E-state index contributed by atoms with van der Waals surface area (Å²) in [5.41, 5.74) is 3.33. The molecule has 9 rings (SSSR count). The number of hydrogen-bond donors (Lipinski definition) is 3. The molecule has 2 amide bonds. The molecule has 3 N–H and O–H groups in total. The van der Waals surface area contributed by atoms with Crippen LogP contribution in [0.15, 0.2) is 48.7 Å². The highest BCUT2D eigenvalue weighted by atomic mass is 16.3. The number of aliphatic hydroxyl groups excluding tert-OH is 1. The van der Waals surface area contributed by atoms with Crippen molar-refractivity contribution in [2.75, 3.05) is 6.54 Å². The normalized spacial score (nSPS) is 46.1. The first-order valence-electron chi connectivity index (χ1n) is 18.4. The molecule has 6 heteroatoms. The molecular weight excluding hydrogens is 570 g/mol. The lowest BCUT2D eigenvalue weighted by molar-refractivity contribution is -0.153. The lowest BCUT2D eigenvalue weighted by Crippen LogP contribution is -2.57. The van der Waals surface area contributed by atoms with Crippen LogP contribution in [-0.4, -0.2) is 34.6 Å². The van der Waals surface area contributed by atoms with E-state index in [9.17, 15) is 14.7 Å². The van der Waals surface area contributed by atoms with Crippen molar-refractivity contribution in [3.05, 3.63) is 65.5 Å². The van der Waals surface area contributed by atoms with Gasteiger partial charge in [-0.1, -0.05) is 38.5 Å². The molecule has 244 valence electrons. The molecule has 7 fully saturated rings. The minimum absolute atomic E-state index is 0.104. The molecule has 1 aromatic heterocycles. The number of nitrogens with one attached hydrogen (secondary N) is 2. The Bertz CT molecular complexity index is 1580. The Morgan fingerprint density at radius 2 is 1.89 bits per heavy atom. The van der Waals surface area contributed by atoms with Gasteiger partial charge in [0.25, 0.3) is 5.91 Å². The van der Waals surface area contributed by atoms with Crippen LogP contribution in [0.3, 0.4) is 0 Å². The number of aliphatic hydroxyl groups is 1. The Kier molecular flexibility index (Phi) is 6.33. The second-order valence-electron chi connectivity index (χ2n) is 17.1. The van der Waals surface area contributed by atoms with Crippen LogP contribution in [0.5, 0.6) is 0 Å². The summed E-state index contributed by atoms with van der Waals surface area (Å²) in [5.74, 6) is 5.33. The number of rotatable bonds is 7. The number of pyridine rings is 1. The summed E-state index contributed by atoms with van der Waals surface area (Å²) in [6.45, 7) is 7.51. The third-order valence-corrected chi connectivity index (χ3v) is 15.9. The van der Waals surface area contributed by atoms with Crippen molar-refractivity contribution >= 4 is 11.8 Å². The van der Waals surface area contributed by atoms with Crippen LogP contribution in [0, 0.1) is 63.1 Å². The highest BCUT2D eigenvalue weighted by Gasteiger charge is 2.91. The topological polar surface area (TPSA) is 91.3 Å². The van der Waals surface area contributed by atoms with Crippen LogP contribution in [0.1, 0.15) is 106 Å². The third-order valence-electron chi connectivity index (χ3n) is 15.9. The van der Waals surface area contributed by atoms with E-state index in [4.69, 9.17) is 0 Å². The first kappa shape index (κ1) is 29.4. The van der Waals surface area contributed by atoms with Crippen molar-refractivity contribution < 1.29 is 14.7 Å². The molecule has 2 aromatic rings. The first-order chi connectivity index (χ1) is 22.2. The standard InChI is InChI=1S/C40H51N3O3/c1-23-12-16-38(36(46)42-19-14-25-8-6-9-26(20-25)35(45)43-24(2)30-10-4-5-18-41-30)15-7-11-31(38)40(23)22-29-33-27(40)21-28-34-37(28,3)32(44)13-17-39(29,33)34/h4-6,8-10,18,20,23-24,27-29,31-34,44H,7,11-17,19,21-22H2,1-3H3,(H,42,46)(H,43,45)/t23-,24?,27?,28?,29?,31?,32?,33?,34?,37?,38?,39?,40?/m0/s1. The second-order valence-corrected chi connectivity index (χ2v) is 17.1. The smallest absolute Gasteiger partial charge is 0.251 e. The SMILES string of the molecule is CC(NC(=O)c1cccc(CCNC(=O)C23CCCC2C2(CC4C5C2CC2C6C2(C)C(O)CCC456)[C@@H](C)CC3)c1)c1ccccn1. The van der Waals surface area contributed by atoms with Gasteiger partial charge in [-0.3, -0.25) is 14.6 Å². The van der Waals surface area contributed by atoms with Crippen molar-refractivity contribution in [3.8, 4) is 0 Å². The van der Waals surface area contributed by atoms with E-state index in [-0.39, 0.29) is 28.9 Å². The van der Waals surface area contributed by atoms with E-state index in [0.29, 0.717) is 53.0 Å². The van der Waals surface area contributed by atoms with Crippen LogP contribution < -0.4 is 10.6 Å². The molecule has 7 saturated carbocycles. The van der Waals surface area contributed by atoms with Crippen LogP contribution in [0.4, 0.5) is 0 Å². The minimum atomic E-state index is -0.224. The van der Waals surface area contributed by atoms with Crippen molar-refractivity contribution in [2.24, 2.45) is 63.1 Å². The average molecular weight is 622 g/mol. The van der Waals surface area contributed by atoms with Gasteiger partial charge in [-0.05, 0) is 147 Å². The lowest BCUT2D eigenvalue weighted by atomic mass is 9.45. The summed E-state index contributed by atoms with van der Waals surface area (Å²) in [6, 6.07) is 13.4. The zero-order valence-electron chi connectivity index (χ0n) is 27.8. The van der Waals surface area contributed by atoms with Gasteiger partial charge >= 0.3 is 0 Å². The van der Waals surface area contributed by atoms with E-state index in [2.05, 4.69) is 35.5 Å². The molecule has 46 heavy (non-hydrogen) atoms. The van der Waals surface area contributed by atoms with Gasteiger partial charge < -0.3 is 15.7 Å². The molecule has 1 aromatic carbocycles. The number of carbonyl (C=O) groups excluding carboxylic acids is 2. The fourth-order valence-corrected chi connectivity index (χ4v) is 14.1. The number of carbonyl (C=O) groups is 2. The number of benzene rings is 1. The molecule has 0 aliphatic heterocycles. The molecule has 2 spiro atoms. The molecule has 7 aliphatic rings. The predicted octanol–water partition coefficient (Wildman–Crippen LogP) is 6.50. The maximum atomic E-state index is 14.4. The molecule has 0 saturated heterocycles. The number of nitrogens with zero attached hydrogens (tertiary/aromatic N) is 1. The molecule has 12 unspecified atom stereocenters. The average Bonchev–Trinajstić information content (AvgIpc) is 3.70. The fraction of sp³-hybridized carbons (Fsp3) is 0.675. The quantitative estimate of drug-likeness (QED) is 0.329. The van der Waals surface area contributed by atoms with Gasteiger partial charge in [-0.25, -0.2) is 0 Å². The highest BCUT2D eigenvalue weighted by molar-refractivity contribution is 5.94. The van der Waals surface area contributed by atoms with E-state index in [1.165, 1.54) is 38.5 Å². The summed E-state index contributed by atoms with van der Waals surface area (Å²) in [7, 11) is 0. The Labute approximate surface area is 273 Å². The zero-order chi connectivity index (χ0) is 31.6. The van der Waals surface area contributed by atoms with Gasteiger partial charge in [0, 0.05) is 23.7 Å². The maximum absolute atomic E-state index is 14.4. The summed E-state index contributed by atoms with van der Waals surface area (Å²) < 4.78 is 0. The first-order valence-corrected chi connectivity index (χ1v) is 18.4. The highest BCUT2D eigenvalue weighted by Crippen LogP contribution is 2.95. The summed E-state index contributed by atoms with van der Waals surface area (Å²) in [4.78, 5) is 31.8. The number of fused-ring (bicyclic) bond motifs is 4. The van der Waals surface area contributed by atoms with Gasteiger partial charge in [-0.15, -0.1) is 0 Å². The zero-order valence-corrected chi connectivity index (χ0v) is 27.8. The van der Waals surface area contributed by atoms with Crippen LogP contribution in [-0.2, 0) is 11.2 Å². The Balaban J connectivity index is 0.887. The van der Waals surface area contributed by atoms with Crippen molar-refractivity contribution in [1.82, 2.24) is 15.6 Å². The molecule has 6 nitrogen and oxygen atoms in total. The monoisotopic (exact) mass is 621 g/mol. The maximum Gasteiger partial charge on any atom is 0.251 e. The lowest BCUT2D eigenvalue weighted by Gasteiger charge is -2.59. The summed E-state index contributed by atoms with van der Waals surface area (Å²) in [6.07, 6.45) is 12.9. The van der Waals surface area contributed by atoms with Crippen LogP contribution in [0.2, 0.25) is 0 Å². The van der Waals surface area contributed by atoms with Gasteiger partial charge in [0.1, 0.15) is 0 Å². The van der Waals surface area contributed by atoms with E-state index >= 15 is 0 Å². The van der Waals surface area contributed by atoms with E-state index in [0.717, 1.165) is 54.2 Å². The van der Waals surface area contributed by atoms with Gasteiger partial charge in [0.15, 0.2) is 0 Å². The molecule has 0 bridgehead atoms. The molecule has 13 atom stereocenters. The number of amides is 2. The van der Waals surface area contributed by atoms with Gasteiger partial charge in [-0.2, -0.15) is 0 Å². The number of aromatic nitrogens is 1. The van der Waals surface area contributed by atoms with Crippen LogP contribution in [0.25, 0.3) is 0 Å². The fourth-order valence-electron chi connectivity index (χ4n) is 14.1. The largest absolute Gasteiger partial charge is 0.393 e. The van der Waals surface area contributed by atoms with Crippen molar-refractivity contribution in [3.63, 3.8) is 0 Å². The summed E-state index contributed by atoms with van der Waals surface area (Å²) in [5, 5.41) is 17.6. The molecule has 7 aliphatic carbocycles. The third kappa shape index (κ3) is 3.66. The van der Waals surface area contributed by atoms with Crippen molar-refractivity contribution in [2.45, 2.75) is 97.1 Å². The van der Waals surface area contributed by atoms with Gasteiger partial charge in [0.05, 0.1) is 23.3 Å². The Morgan fingerprint density at radius 1 is 1.02 bits per heavy atom. The minimum Gasteiger partial charge on any atom is -0.393 e. The second kappa shape index (κ2) is 9.90. The number of hydrogen-bond acceptors (Lipinski definition) is 4. The molecule has 0 radical (unpaired) electrons. The van der Waals surface area contributed by atoms with E-state index < -0.39 is 0 Å². The Morgan fingerprint density at radius 3 is 2.72 bits per heavy atom. The van der Waals surface area contributed by atoms with Gasteiger partial charge in [0.2, 0.25) is 5.91 Å². The van der Waals surface area contributed by atoms with E-state index in [1.807, 2.05) is 43.3 Å². The van der Waals surface area contributed by atoms with E-state index in [1.54, 1.807) is 6.20 Å².